The fourth-order valence-electron chi connectivity index (χ4n) is 2.46. The van der Waals surface area contributed by atoms with Gasteiger partial charge in [0.15, 0.2) is 0 Å². The lowest BCUT2D eigenvalue weighted by atomic mass is 10.1. The Balaban J connectivity index is 1.78. The zero-order valence-electron chi connectivity index (χ0n) is 11.4. The summed E-state index contributed by atoms with van der Waals surface area (Å²) in [6.45, 7) is 3.94. The van der Waals surface area contributed by atoms with E-state index in [9.17, 15) is 4.79 Å². The molecule has 2 aliphatic rings. The van der Waals surface area contributed by atoms with Crippen molar-refractivity contribution in [1.82, 2.24) is 4.90 Å². The molecule has 0 spiro atoms. The van der Waals surface area contributed by atoms with Gasteiger partial charge in [-0.3, -0.25) is 4.79 Å². The monoisotopic (exact) mass is 321 g/mol. The third-order valence-electron chi connectivity index (χ3n) is 4.07. The minimum Gasteiger partial charge on any atom is -0.338 e. The first-order valence-corrected chi connectivity index (χ1v) is 7.98. The average molecular weight is 322 g/mol. The van der Waals surface area contributed by atoms with E-state index in [0.29, 0.717) is 0 Å². The molecule has 3 rings (SSSR count). The van der Waals surface area contributed by atoms with Crippen LogP contribution in [0.5, 0.6) is 0 Å². The molecule has 0 bridgehead atoms. The molecule has 1 aromatic rings. The molecule has 2 fully saturated rings. The lowest BCUT2D eigenvalue weighted by Gasteiger charge is -2.23. The number of carbonyl (C=O) groups is 1. The number of rotatable bonds is 5. The highest BCUT2D eigenvalue weighted by atomic mass is 79.9. The molecule has 19 heavy (non-hydrogen) atoms. The Labute approximate surface area is 123 Å². The molecule has 2 saturated carbocycles. The predicted octanol–water partition coefficient (Wildman–Crippen LogP) is 4.02. The Bertz CT molecular complexity index is 478. The van der Waals surface area contributed by atoms with Gasteiger partial charge in [0.25, 0.3) is 5.91 Å². The van der Waals surface area contributed by atoms with Crippen LogP contribution in [0.1, 0.15) is 41.6 Å². The smallest absolute Gasteiger partial charge is 0.254 e. The van der Waals surface area contributed by atoms with E-state index in [4.69, 9.17) is 0 Å². The topological polar surface area (TPSA) is 20.3 Å². The second-order valence-electron chi connectivity index (χ2n) is 6.06. The Morgan fingerprint density at radius 3 is 2.32 bits per heavy atom. The van der Waals surface area contributed by atoms with Gasteiger partial charge in [-0.2, -0.15) is 0 Å². The minimum absolute atomic E-state index is 0.220. The zero-order valence-corrected chi connectivity index (χ0v) is 12.9. The van der Waals surface area contributed by atoms with Crippen molar-refractivity contribution in [3.8, 4) is 0 Å². The highest BCUT2D eigenvalue weighted by Gasteiger charge is 2.32. The van der Waals surface area contributed by atoms with Crippen LogP contribution in [0, 0.1) is 18.8 Å². The molecule has 3 heteroatoms. The standard InChI is InChI=1S/C16H20BrNO/c1-11-2-7-14(17)8-15(11)16(19)18(9-12-3-4-12)10-13-5-6-13/h2,7-8,12-13H,3-6,9-10H2,1H3. The van der Waals surface area contributed by atoms with Crippen molar-refractivity contribution in [1.29, 1.82) is 0 Å². The highest BCUT2D eigenvalue weighted by Crippen LogP contribution is 2.34. The Kier molecular flexibility index (Phi) is 3.66. The Morgan fingerprint density at radius 1 is 1.21 bits per heavy atom. The Morgan fingerprint density at radius 2 is 1.79 bits per heavy atom. The third-order valence-corrected chi connectivity index (χ3v) is 4.56. The molecule has 1 amide bonds. The lowest BCUT2D eigenvalue weighted by molar-refractivity contribution is 0.0739. The van der Waals surface area contributed by atoms with Gasteiger partial charge >= 0.3 is 0 Å². The van der Waals surface area contributed by atoms with Crippen LogP contribution >= 0.6 is 15.9 Å². The number of halogens is 1. The summed E-state index contributed by atoms with van der Waals surface area (Å²) < 4.78 is 0.985. The maximum atomic E-state index is 12.7. The van der Waals surface area contributed by atoms with Gasteiger partial charge in [0, 0.05) is 23.1 Å². The van der Waals surface area contributed by atoms with Gasteiger partial charge in [-0.15, -0.1) is 0 Å². The molecule has 2 aliphatic carbocycles. The number of hydrogen-bond donors (Lipinski definition) is 0. The molecule has 0 N–H and O–H groups in total. The summed E-state index contributed by atoms with van der Waals surface area (Å²) in [4.78, 5) is 14.9. The van der Waals surface area contributed by atoms with Crippen LogP contribution in [0.4, 0.5) is 0 Å². The van der Waals surface area contributed by atoms with E-state index in [1.165, 1.54) is 25.7 Å². The largest absolute Gasteiger partial charge is 0.338 e. The summed E-state index contributed by atoms with van der Waals surface area (Å²) in [5.41, 5.74) is 1.93. The van der Waals surface area contributed by atoms with Crippen LogP contribution in [0.15, 0.2) is 22.7 Å². The summed E-state index contributed by atoms with van der Waals surface area (Å²) >= 11 is 3.47. The van der Waals surface area contributed by atoms with Crippen molar-refractivity contribution in [2.24, 2.45) is 11.8 Å². The van der Waals surface area contributed by atoms with Crippen molar-refractivity contribution in [3.63, 3.8) is 0 Å². The fourth-order valence-corrected chi connectivity index (χ4v) is 2.82. The lowest BCUT2D eigenvalue weighted by Crippen LogP contribution is -2.35. The van der Waals surface area contributed by atoms with Gasteiger partial charge < -0.3 is 4.90 Å². The second kappa shape index (κ2) is 5.28. The van der Waals surface area contributed by atoms with E-state index in [1.807, 2.05) is 25.1 Å². The Hall–Kier alpha value is -0.830. The quantitative estimate of drug-likeness (QED) is 0.802. The van der Waals surface area contributed by atoms with E-state index in [2.05, 4.69) is 20.8 Å². The summed E-state index contributed by atoms with van der Waals surface area (Å²) in [6, 6.07) is 5.98. The van der Waals surface area contributed by atoms with Crippen LogP contribution in [0.2, 0.25) is 0 Å². The first kappa shape index (κ1) is 13.2. The zero-order chi connectivity index (χ0) is 13.4. The summed E-state index contributed by atoms with van der Waals surface area (Å²) in [7, 11) is 0. The number of carbonyl (C=O) groups excluding carboxylic acids is 1. The molecule has 0 aliphatic heterocycles. The first-order valence-electron chi connectivity index (χ1n) is 7.19. The molecule has 0 aromatic heterocycles. The molecule has 0 atom stereocenters. The van der Waals surface area contributed by atoms with Gasteiger partial charge in [-0.25, -0.2) is 0 Å². The minimum atomic E-state index is 0.220. The van der Waals surface area contributed by atoms with Crippen LogP contribution in [0.25, 0.3) is 0 Å². The fraction of sp³-hybridized carbons (Fsp3) is 0.562. The summed E-state index contributed by atoms with van der Waals surface area (Å²) in [5.74, 6) is 1.74. The second-order valence-corrected chi connectivity index (χ2v) is 6.97. The van der Waals surface area contributed by atoms with Crippen LogP contribution in [-0.4, -0.2) is 23.9 Å². The van der Waals surface area contributed by atoms with E-state index in [-0.39, 0.29) is 5.91 Å². The number of benzene rings is 1. The van der Waals surface area contributed by atoms with Crippen molar-refractivity contribution >= 4 is 21.8 Å². The average Bonchev–Trinajstić information content (AvgIpc) is 3.25. The summed E-state index contributed by atoms with van der Waals surface area (Å²) in [5, 5.41) is 0. The first-order chi connectivity index (χ1) is 9.13. The van der Waals surface area contributed by atoms with Gasteiger partial charge in [0.2, 0.25) is 0 Å². The number of hydrogen-bond acceptors (Lipinski definition) is 1. The molecule has 0 radical (unpaired) electrons. The van der Waals surface area contributed by atoms with Crippen LogP contribution in [-0.2, 0) is 0 Å². The SMILES string of the molecule is Cc1ccc(Br)cc1C(=O)N(CC1CC1)CC1CC1. The van der Waals surface area contributed by atoms with E-state index in [0.717, 1.165) is 40.5 Å². The number of amides is 1. The molecule has 0 saturated heterocycles. The molecule has 1 aromatic carbocycles. The van der Waals surface area contributed by atoms with Crippen molar-refractivity contribution in [3.05, 3.63) is 33.8 Å². The number of aryl methyl sites for hydroxylation is 1. The molecular weight excluding hydrogens is 302 g/mol. The molecule has 0 heterocycles. The van der Waals surface area contributed by atoms with Gasteiger partial charge in [-0.05, 0) is 62.1 Å². The van der Waals surface area contributed by atoms with Crippen molar-refractivity contribution in [2.75, 3.05) is 13.1 Å². The van der Waals surface area contributed by atoms with Crippen molar-refractivity contribution in [2.45, 2.75) is 32.6 Å². The maximum absolute atomic E-state index is 12.7. The van der Waals surface area contributed by atoms with Crippen molar-refractivity contribution < 1.29 is 4.79 Å². The van der Waals surface area contributed by atoms with E-state index >= 15 is 0 Å². The predicted molar refractivity (Wildman–Crippen MR) is 80.2 cm³/mol. The highest BCUT2D eigenvalue weighted by molar-refractivity contribution is 9.10. The van der Waals surface area contributed by atoms with Gasteiger partial charge in [-0.1, -0.05) is 22.0 Å². The third kappa shape index (κ3) is 3.38. The number of nitrogens with zero attached hydrogens (tertiary/aromatic N) is 1. The van der Waals surface area contributed by atoms with Gasteiger partial charge in [0.05, 0.1) is 0 Å². The van der Waals surface area contributed by atoms with Gasteiger partial charge in [0.1, 0.15) is 0 Å². The molecular formula is C16H20BrNO. The molecule has 0 unspecified atom stereocenters. The maximum Gasteiger partial charge on any atom is 0.254 e. The molecule has 102 valence electrons. The molecule has 2 nitrogen and oxygen atoms in total. The van der Waals surface area contributed by atoms with E-state index < -0.39 is 0 Å². The normalized spacial score (nSPS) is 18.4. The van der Waals surface area contributed by atoms with Crippen LogP contribution in [0.3, 0.4) is 0 Å². The summed E-state index contributed by atoms with van der Waals surface area (Å²) in [6.07, 6.45) is 5.19. The van der Waals surface area contributed by atoms with E-state index in [1.54, 1.807) is 0 Å². The van der Waals surface area contributed by atoms with Crippen LogP contribution < -0.4 is 0 Å².